The summed E-state index contributed by atoms with van der Waals surface area (Å²) in [5.41, 5.74) is -0.960. The molecule has 2 spiro atoms. The molecule has 0 atom stereocenters. The highest BCUT2D eigenvalue weighted by Crippen LogP contribution is 2.75. The fourth-order valence-corrected chi connectivity index (χ4v) is 11.2. The summed E-state index contributed by atoms with van der Waals surface area (Å²) in [7, 11) is 0. The van der Waals surface area contributed by atoms with Crippen molar-refractivity contribution >= 4 is 29.0 Å². The molecule has 236 valence electrons. The molecular weight excluding hydrogens is 551 g/mol. The average molecular weight is 612 g/mol. The van der Waals surface area contributed by atoms with Crippen LogP contribution in [0.15, 0.2) is 0 Å². The van der Waals surface area contributed by atoms with Gasteiger partial charge in [0, 0.05) is 13.2 Å². The Kier molecular flexibility index (Phi) is 11.5. The zero-order chi connectivity index (χ0) is 28.9. The fraction of sp³-hybridized carbons (Fsp3) is 0.972. The summed E-state index contributed by atoms with van der Waals surface area (Å²) >= 11 is 14.7. The van der Waals surface area contributed by atoms with Crippen LogP contribution in [0.2, 0.25) is 0 Å². The van der Waals surface area contributed by atoms with E-state index in [9.17, 15) is 4.79 Å². The van der Waals surface area contributed by atoms with Crippen LogP contribution in [0.3, 0.4) is 0 Å². The molecule has 5 fully saturated rings. The fourth-order valence-electron chi connectivity index (χ4n) is 10.1. The van der Waals surface area contributed by atoms with Gasteiger partial charge in [-0.15, -0.1) is 0 Å². The Bertz CT molecular complexity index is 747. The van der Waals surface area contributed by atoms with Crippen LogP contribution in [-0.2, 0) is 14.3 Å². The molecule has 5 aliphatic carbocycles. The van der Waals surface area contributed by atoms with E-state index in [-0.39, 0.29) is 0 Å². The van der Waals surface area contributed by atoms with E-state index in [0.717, 1.165) is 88.3 Å². The Morgan fingerprint density at radius 2 is 0.902 bits per heavy atom. The van der Waals surface area contributed by atoms with E-state index in [1.54, 1.807) is 0 Å². The molecule has 0 aliphatic heterocycles. The molecule has 5 rings (SSSR count). The van der Waals surface area contributed by atoms with Crippen molar-refractivity contribution in [3.8, 4) is 0 Å². The van der Waals surface area contributed by atoms with Gasteiger partial charge < -0.3 is 9.47 Å². The number of alkyl halides is 2. The maximum atomic E-state index is 14.1. The van der Waals surface area contributed by atoms with Crippen LogP contribution in [0.4, 0.5) is 0 Å². The lowest BCUT2D eigenvalue weighted by Crippen LogP contribution is -2.74. The molecule has 0 N–H and O–H groups in total. The van der Waals surface area contributed by atoms with E-state index in [0.29, 0.717) is 18.0 Å². The second-order valence-electron chi connectivity index (χ2n) is 15.0. The molecule has 0 unspecified atom stereocenters. The lowest BCUT2D eigenvalue weighted by Gasteiger charge is -2.67. The summed E-state index contributed by atoms with van der Waals surface area (Å²) < 4.78 is 11.5. The molecule has 5 aliphatic rings. The summed E-state index contributed by atoms with van der Waals surface area (Å²) in [6, 6.07) is 0. The molecular formula is C36H60Cl2O3. The van der Waals surface area contributed by atoms with E-state index in [1.807, 2.05) is 0 Å². The number of ketones is 1. The topological polar surface area (TPSA) is 35.5 Å². The van der Waals surface area contributed by atoms with E-state index in [4.69, 9.17) is 32.7 Å². The van der Waals surface area contributed by atoms with Gasteiger partial charge in [0.05, 0.1) is 23.0 Å². The van der Waals surface area contributed by atoms with Crippen molar-refractivity contribution in [2.45, 2.75) is 172 Å². The van der Waals surface area contributed by atoms with Crippen LogP contribution >= 0.6 is 23.2 Å². The van der Waals surface area contributed by atoms with Gasteiger partial charge in [0.25, 0.3) is 0 Å². The van der Waals surface area contributed by atoms with Gasteiger partial charge in [-0.1, -0.05) is 62.7 Å². The summed E-state index contributed by atoms with van der Waals surface area (Å²) in [4.78, 5) is 14.1. The van der Waals surface area contributed by atoms with Crippen molar-refractivity contribution < 1.29 is 14.3 Å². The van der Waals surface area contributed by atoms with Gasteiger partial charge in [0.1, 0.15) is 4.33 Å². The lowest BCUT2D eigenvalue weighted by molar-refractivity contribution is -0.173. The smallest absolute Gasteiger partial charge is 0.151 e. The second-order valence-corrected chi connectivity index (χ2v) is 16.3. The largest absolute Gasteiger partial charge is 0.378 e. The number of hydrogen-bond donors (Lipinski definition) is 0. The van der Waals surface area contributed by atoms with E-state index in [2.05, 4.69) is 13.8 Å². The van der Waals surface area contributed by atoms with E-state index >= 15 is 0 Å². The molecule has 0 aromatic rings. The van der Waals surface area contributed by atoms with Gasteiger partial charge in [-0.2, -0.15) is 0 Å². The van der Waals surface area contributed by atoms with Gasteiger partial charge in [-0.3, -0.25) is 4.79 Å². The van der Waals surface area contributed by atoms with Crippen LogP contribution in [0.5, 0.6) is 0 Å². The van der Waals surface area contributed by atoms with Gasteiger partial charge >= 0.3 is 0 Å². The zero-order valence-corrected chi connectivity index (χ0v) is 27.9. The predicted molar refractivity (Wildman–Crippen MR) is 171 cm³/mol. The van der Waals surface area contributed by atoms with Crippen LogP contribution in [0, 0.1) is 34.5 Å². The van der Waals surface area contributed by atoms with Crippen molar-refractivity contribution in [2.75, 3.05) is 13.2 Å². The van der Waals surface area contributed by atoms with Crippen molar-refractivity contribution in [3.05, 3.63) is 0 Å². The maximum absolute atomic E-state index is 14.1. The molecule has 0 aromatic carbocycles. The summed E-state index contributed by atoms with van der Waals surface area (Å²) in [6.45, 7) is 6.36. The number of unbranched alkanes of at least 4 members (excludes halogenated alkanes) is 4. The Labute approximate surface area is 261 Å². The number of halogens is 2. The number of ether oxygens (including phenoxy) is 2. The summed E-state index contributed by atoms with van der Waals surface area (Å²) in [6.07, 6.45) is 26.5. The number of hydrogen-bond acceptors (Lipinski definition) is 3. The third kappa shape index (κ3) is 6.60. The van der Waals surface area contributed by atoms with Gasteiger partial charge in [-0.05, 0) is 139 Å². The molecule has 41 heavy (non-hydrogen) atoms. The molecule has 3 nitrogen and oxygen atoms in total. The third-order valence-electron chi connectivity index (χ3n) is 12.8. The van der Waals surface area contributed by atoms with E-state index < -0.39 is 15.2 Å². The minimum absolute atomic E-state index is 0.445. The molecule has 0 aromatic heterocycles. The average Bonchev–Trinajstić information content (AvgIpc) is 3.02. The Morgan fingerprint density at radius 1 is 0.561 bits per heavy atom. The maximum Gasteiger partial charge on any atom is 0.151 e. The molecule has 0 bridgehead atoms. The van der Waals surface area contributed by atoms with Crippen LogP contribution in [-0.4, -0.2) is 35.5 Å². The minimum Gasteiger partial charge on any atom is -0.378 e. The molecule has 0 amide bonds. The van der Waals surface area contributed by atoms with Crippen LogP contribution in [0.1, 0.15) is 155 Å². The predicted octanol–water partition coefficient (Wildman–Crippen LogP) is 10.6. The second kappa shape index (κ2) is 14.5. The van der Waals surface area contributed by atoms with Gasteiger partial charge in [-0.25, -0.2) is 0 Å². The van der Waals surface area contributed by atoms with Crippen LogP contribution in [0.25, 0.3) is 0 Å². The molecule has 0 heterocycles. The zero-order valence-electron chi connectivity index (χ0n) is 26.4. The lowest BCUT2D eigenvalue weighted by atomic mass is 9.41. The molecule has 0 saturated heterocycles. The van der Waals surface area contributed by atoms with Gasteiger partial charge in [0.15, 0.2) is 5.78 Å². The van der Waals surface area contributed by atoms with Gasteiger partial charge in [0.2, 0.25) is 0 Å². The monoisotopic (exact) mass is 610 g/mol. The van der Waals surface area contributed by atoms with Crippen molar-refractivity contribution in [2.24, 2.45) is 34.5 Å². The normalized spacial score (nSPS) is 41.0. The Balaban J connectivity index is 1.05. The van der Waals surface area contributed by atoms with Crippen molar-refractivity contribution in [1.29, 1.82) is 0 Å². The molecule has 5 saturated carbocycles. The first-order valence-corrected chi connectivity index (χ1v) is 18.8. The van der Waals surface area contributed by atoms with E-state index in [1.165, 1.54) is 89.9 Å². The standard InChI is InChI=1S/C36H60Cl2O3/c1-3-5-7-25-40-31-13-9-27(10-14-31)29-17-21-34(22-18-29)33(39)35(36(34,37)38)23-19-30(20-24-35)28-11-15-32(16-12-28)41-26-8-6-4-2/h27-32H,3-26H2,1-2H3/t27-,28-,29?,30?,31-,32-,34?,35?. The molecule has 0 radical (unpaired) electrons. The third-order valence-corrected chi connectivity index (χ3v) is 14.3. The van der Waals surface area contributed by atoms with Crippen LogP contribution < -0.4 is 0 Å². The summed E-state index contributed by atoms with van der Waals surface area (Å²) in [5.74, 6) is 3.49. The highest BCUT2D eigenvalue weighted by Gasteiger charge is 2.79. The minimum atomic E-state index is -0.874. The first-order valence-electron chi connectivity index (χ1n) is 18.0. The number of carbonyl (C=O) groups is 1. The number of rotatable bonds is 12. The van der Waals surface area contributed by atoms with Crippen molar-refractivity contribution in [3.63, 3.8) is 0 Å². The molecule has 5 heteroatoms. The Morgan fingerprint density at radius 3 is 1.22 bits per heavy atom. The number of Topliss-reactive ketones (excluding diaryl/α,β-unsaturated/α-hetero) is 1. The highest BCUT2D eigenvalue weighted by molar-refractivity contribution is 6.55. The first kappa shape index (κ1) is 32.6. The highest BCUT2D eigenvalue weighted by atomic mass is 35.5. The quantitative estimate of drug-likeness (QED) is 0.163. The number of carbonyl (C=O) groups excluding carboxylic acids is 1. The SMILES string of the molecule is CCCCCO[C@H]1CC[C@H](C2CCC3(CC2)C(=O)C2(CCC([C@H]4CC[C@H](OCCCCC)CC4)CC2)C3(Cl)Cl)CC1. The Hall–Kier alpha value is 0.170. The first-order chi connectivity index (χ1) is 19.9. The summed E-state index contributed by atoms with van der Waals surface area (Å²) in [5, 5.41) is 0. The van der Waals surface area contributed by atoms with Crippen molar-refractivity contribution in [1.82, 2.24) is 0 Å².